The van der Waals surface area contributed by atoms with Crippen molar-refractivity contribution in [2.24, 2.45) is 5.41 Å². The summed E-state index contributed by atoms with van der Waals surface area (Å²) in [4.78, 5) is 20.5. The Kier molecular flexibility index (Phi) is 10.1. The summed E-state index contributed by atoms with van der Waals surface area (Å²) in [6, 6.07) is 13.1. The van der Waals surface area contributed by atoms with Crippen molar-refractivity contribution in [1.29, 1.82) is 0 Å². The number of nitrogens with zero attached hydrogens (tertiary/aromatic N) is 2. The van der Waals surface area contributed by atoms with Crippen LogP contribution in [0.1, 0.15) is 43.8 Å². The van der Waals surface area contributed by atoms with Crippen LogP contribution in [-0.4, -0.2) is 53.5 Å². The van der Waals surface area contributed by atoms with Crippen molar-refractivity contribution < 1.29 is 19.1 Å². The molecule has 2 heterocycles. The number of ether oxygens (including phenoxy) is 1. The fourth-order valence-corrected chi connectivity index (χ4v) is 6.55. The van der Waals surface area contributed by atoms with Crippen LogP contribution >= 0.6 is 35.0 Å². The first-order valence-electron chi connectivity index (χ1n) is 12.7. The van der Waals surface area contributed by atoms with Crippen molar-refractivity contribution in [3.63, 3.8) is 0 Å². The molecule has 3 aromatic rings. The lowest BCUT2D eigenvalue weighted by atomic mass is 9.73. The average Bonchev–Trinajstić information content (AvgIpc) is 2.94. The SMILES string of the molecule is COc1ccc2ncc(Cl)c([C@H](F)CCC3(C(=O)NO)CCN(CCCSc4ccccc4Cl)CC3)c2c1. The lowest BCUT2D eigenvalue weighted by molar-refractivity contribution is -0.143. The number of alkyl halides is 1. The topological polar surface area (TPSA) is 74.7 Å². The molecule has 0 unspecified atom stereocenters. The third-order valence-corrected chi connectivity index (χ3v) is 9.27. The largest absolute Gasteiger partial charge is 0.497 e. The van der Waals surface area contributed by atoms with Crippen LogP contribution in [0.25, 0.3) is 10.9 Å². The number of pyridine rings is 1. The smallest absolute Gasteiger partial charge is 0.249 e. The number of fused-ring (bicyclic) bond motifs is 1. The summed E-state index contributed by atoms with van der Waals surface area (Å²) in [6.45, 7) is 2.31. The first kappa shape index (κ1) is 28.9. The zero-order valence-electron chi connectivity index (χ0n) is 21.3. The van der Waals surface area contributed by atoms with Crippen molar-refractivity contribution >= 4 is 51.8 Å². The molecule has 1 atom stereocenters. The number of hydrogen-bond acceptors (Lipinski definition) is 6. The van der Waals surface area contributed by atoms with Crippen molar-refractivity contribution in [1.82, 2.24) is 15.4 Å². The molecule has 0 aliphatic carbocycles. The normalized spacial score (nSPS) is 16.3. The van der Waals surface area contributed by atoms with E-state index in [2.05, 4.69) is 9.88 Å². The number of benzene rings is 2. The van der Waals surface area contributed by atoms with Gasteiger partial charge in [0, 0.05) is 22.0 Å². The Bertz CT molecular complexity index is 1260. The number of halogens is 3. The molecule has 1 aliphatic heterocycles. The number of carbonyl (C=O) groups is 1. The monoisotopic (exact) mass is 579 g/mol. The van der Waals surface area contributed by atoms with Crippen molar-refractivity contribution in [2.75, 3.05) is 32.5 Å². The van der Waals surface area contributed by atoms with Crippen LogP contribution in [-0.2, 0) is 4.79 Å². The second-order valence-electron chi connectivity index (χ2n) is 9.60. The van der Waals surface area contributed by atoms with Crippen molar-refractivity contribution in [2.45, 2.75) is 43.2 Å². The molecule has 4 rings (SSSR count). The van der Waals surface area contributed by atoms with E-state index in [0.29, 0.717) is 54.6 Å². The van der Waals surface area contributed by atoms with Gasteiger partial charge in [0.05, 0.1) is 28.1 Å². The Labute approximate surface area is 236 Å². The van der Waals surface area contributed by atoms with E-state index < -0.39 is 17.5 Å². The molecule has 0 spiro atoms. The minimum absolute atomic E-state index is 0.0952. The number of rotatable bonds is 11. The molecule has 2 N–H and O–H groups in total. The Morgan fingerprint density at radius 1 is 1.24 bits per heavy atom. The van der Waals surface area contributed by atoms with Gasteiger partial charge >= 0.3 is 0 Å². The standard InChI is InChI=1S/C28H32Cl2FN3O3S/c1-37-19-7-8-24-20(17-19)26(22(30)18-32-24)23(31)9-10-28(27(35)33-36)11-14-34(15-12-28)13-4-16-38-25-6-3-2-5-21(25)29/h2-3,5-8,17-18,23,36H,4,9-16H2,1H3,(H,33,35)/t23-/m1/s1. The first-order chi connectivity index (χ1) is 18.4. The molecular formula is C28H32Cl2FN3O3S. The molecule has 1 saturated heterocycles. The Morgan fingerprint density at radius 2 is 2.00 bits per heavy atom. The molecule has 10 heteroatoms. The zero-order valence-corrected chi connectivity index (χ0v) is 23.6. The number of aromatic nitrogens is 1. The second kappa shape index (κ2) is 13.3. The summed E-state index contributed by atoms with van der Waals surface area (Å²) in [7, 11) is 1.55. The van der Waals surface area contributed by atoms with E-state index >= 15 is 4.39 Å². The fraction of sp³-hybridized carbons (Fsp3) is 0.429. The van der Waals surface area contributed by atoms with Crippen LogP contribution in [0.5, 0.6) is 5.75 Å². The molecule has 0 saturated carbocycles. The number of methoxy groups -OCH3 is 1. The number of hydrogen-bond donors (Lipinski definition) is 2. The highest BCUT2D eigenvalue weighted by Gasteiger charge is 2.41. The predicted molar refractivity (Wildman–Crippen MR) is 151 cm³/mol. The zero-order chi connectivity index (χ0) is 27.1. The van der Waals surface area contributed by atoms with Gasteiger partial charge in [0.15, 0.2) is 0 Å². The van der Waals surface area contributed by atoms with Crippen LogP contribution < -0.4 is 10.2 Å². The number of likely N-dealkylation sites (tertiary alicyclic amines) is 1. The van der Waals surface area contributed by atoms with Crippen LogP contribution in [0.2, 0.25) is 10.0 Å². The Balaban J connectivity index is 1.36. The van der Waals surface area contributed by atoms with Gasteiger partial charge in [0.1, 0.15) is 11.9 Å². The van der Waals surface area contributed by atoms with E-state index in [9.17, 15) is 10.0 Å². The number of piperidine rings is 1. The molecule has 204 valence electrons. The van der Waals surface area contributed by atoms with Crippen LogP contribution in [0, 0.1) is 5.41 Å². The lowest BCUT2D eigenvalue weighted by Crippen LogP contribution is -2.48. The molecule has 1 fully saturated rings. The van der Waals surface area contributed by atoms with E-state index in [1.165, 1.54) is 6.20 Å². The van der Waals surface area contributed by atoms with Gasteiger partial charge in [-0.05, 0) is 87.8 Å². The molecule has 0 bridgehead atoms. The van der Waals surface area contributed by atoms with Crippen molar-refractivity contribution in [3.8, 4) is 5.75 Å². The number of thioether (sulfide) groups is 1. The molecule has 38 heavy (non-hydrogen) atoms. The minimum atomic E-state index is -1.40. The van der Waals surface area contributed by atoms with Gasteiger partial charge in [-0.1, -0.05) is 35.3 Å². The summed E-state index contributed by atoms with van der Waals surface area (Å²) in [6.07, 6.45) is 2.52. The Morgan fingerprint density at radius 3 is 2.71 bits per heavy atom. The summed E-state index contributed by atoms with van der Waals surface area (Å²) < 4.78 is 21.0. The number of amides is 1. The average molecular weight is 581 g/mol. The molecular weight excluding hydrogens is 548 g/mol. The Hall–Kier alpha value is -2.10. The molecule has 1 aliphatic rings. The molecule has 1 amide bonds. The maximum atomic E-state index is 15.7. The van der Waals surface area contributed by atoms with Gasteiger partial charge < -0.3 is 9.64 Å². The highest BCUT2D eigenvalue weighted by Crippen LogP contribution is 2.42. The van der Waals surface area contributed by atoms with Crippen LogP contribution in [0.4, 0.5) is 4.39 Å². The summed E-state index contributed by atoms with van der Waals surface area (Å²) in [5.74, 6) is 1.08. The van der Waals surface area contributed by atoms with Crippen LogP contribution in [0.3, 0.4) is 0 Å². The predicted octanol–water partition coefficient (Wildman–Crippen LogP) is 7.11. The van der Waals surface area contributed by atoms with Crippen molar-refractivity contribution in [3.05, 3.63) is 64.3 Å². The van der Waals surface area contributed by atoms with Crippen LogP contribution in [0.15, 0.2) is 53.6 Å². The first-order valence-corrected chi connectivity index (χ1v) is 14.4. The van der Waals surface area contributed by atoms with Gasteiger partial charge in [0.25, 0.3) is 0 Å². The fourth-order valence-electron chi connectivity index (χ4n) is 5.11. The summed E-state index contributed by atoms with van der Waals surface area (Å²) in [5.41, 5.74) is 1.97. The lowest BCUT2D eigenvalue weighted by Gasteiger charge is -2.40. The third-order valence-electron chi connectivity index (χ3n) is 7.37. The van der Waals surface area contributed by atoms with E-state index in [1.54, 1.807) is 37.1 Å². The maximum absolute atomic E-state index is 15.7. The van der Waals surface area contributed by atoms with Gasteiger partial charge in [-0.3, -0.25) is 15.0 Å². The molecule has 2 aromatic carbocycles. The van der Waals surface area contributed by atoms with Gasteiger partial charge in [-0.2, -0.15) is 0 Å². The third kappa shape index (κ3) is 6.72. The summed E-state index contributed by atoms with van der Waals surface area (Å²) >= 11 is 14.4. The molecule has 0 radical (unpaired) electrons. The highest BCUT2D eigenvalue weighted by atomic mass is 35.5. The summed E-state index contributed by atoms with van der Waals surface area (Å²) in [5, 5.41) is 11.1. The number of nitrogens with one attached hydrogen (secondary N) is 1. The van der Waals surface area contributed by atoms with E-state index in [-0.39, 0.29) is 11.4 Å². The second-order valence-corrected chi connectivity index (χ2v) is 11.6. The van der Waals surface area contributed by atoms with Gasteiger partial charge in [0.2, 0.25) is 5.91 Å². The molecule has 1 aromatic heterocycles. The number of hydroxylamine groups is 1. The van der Waals surface area contributed by atoms with E-state index in [4.69, 9.17) is 27.9 Å². The highest BCUT2D eigenvalue weighted by molar-refractivity contribution is 7.99. The minimum Gasteiger partial charge on any atom is -0.497 e. The molecule has 6 nitrogen and oxygen atoms in total. The van der Waals surface area contributed by atoms with E-state index in [1.807, 2.05) is 29.7 Å². The quantitative estimate of drug-likeness (QED) is 0.109. The van der Waals surface area contributed by atoms with E-state index in [0.717, 1.165) is 28.6 Å². The van der Waals surface area contributed by atoms with Gasteiger partial charge in [-0.15, -0.1) is 11.8 Å². The number of carbonyl (C=O) groups excluding carboxylic acids is 1. The maximum Gasteiger partial charge on any atom is 0.249 e. The van der Waals surface area contributed by atoms with Gasteiger partial charge in [-0.25, -0.2) is 9.87 Å².